The molecule has 1 saturated carbocycles. The van der Waals surface area contributed by atoms with Crippen LogP contribution in [0.2, 0.25) is 0 Å². The smallest absolute Gasteiger partial charge is 0.00751 e. The third-order valence-electron chi connectivity index (χ3n) is 2.17. The van der Waals surface area contributed by atoms with Crippen molar-refractivity contribution in [3.63, 3.8) is 0 Å². The molecule has 2 atom stereocenters. The van der Waals surface area contributed by atoms with Crippen molar-refractivity contribution in [2.75, 3.05) is 5.33 Å². The van der Waals surface area contributed by atoms with E-state index in [1.165, 1.54) is 25.7 Å². The fourth-order valence-corrected chi connectivity index (χ4v) is 2.23. The van der Waals surface area contributed by atoms with Gasteiger partial charge in [-0.1, -0.05) is 28.8 Å². The minimum absolute atomic E-state index is 0.470. The molecule has 0 heterocycles. The maximum Gasteiger partial charge on any atom is 0.00751 e. The molecule has 0 aromatic carbocycles. The van der Waals surface area contributed by atoms with Gasteiger partial charge in [-0.15, -0.1) is 0 Å². The first-order valence-corrected chi connectivity index (χ1v) is 4.78. The van der Waals surface area contributed by atoms with E-state index in [0.29, 0.717) is 6.04 Å². The molecule has 0 radical (unpaired) electrons. The Balaban J connectivity index is 2.30. The first-order chi connectivity index (χ1) is 4.34. The van der Waals surface area contributed by atoms with Crippen molar-refractivity contribution in [1.29, 1.82) is 0 Å². The zero-order valence-electron chi connectivity index (χ0n) is 5.65. The lowest BCUT2D eigenvalue weighted by atomic mass is 9.87. The van der Waals surface area contributed by atoms with Crippen molar-refractivity contribution >= 4 is 15.9 Å². The van der Waals surface area contributed by atoms with E-state index in [-0.39, 0.29) is 0 Å². The molecule has 0 aromatic heterocycles. The van der Waals surface area contributed by atoms with E-state index >= 15 is 0 Å². The Morgan fingerprint density at radius 2 is 2.00 bits per heavy atom. The summed E-state index contributed by atoms with van der Waals surface area (Å²) in [4.78, 5) is 0. The van der Waals surface area contributed by atoms with E-state index in [1.54, 1.807) is 0 Å². The monoisotopic (exact) mass is 191 g/mol. The molecular weight excluding hydrogens is 178 g/mol. The summed E-state index contributed by atoms with van der Waals surface area (Å²) in [7, 11) is 0. The summed E-state index contributed by atoms with van der Waals surface area (Å²) < 4.78 is 0. The van der Waals surface area contributed by atoms with Crippen molar-refractivity contribution < 1.29 is 0 Å². The molecule has 1 fully saturated rings. The molecule has 0 aromatic rings. The van der Waals surface area contributed by atoms with Crippen LogP contribution in [0.5, 0.6) is 0 Å². The highest BCUT2D eigenvalue weighted by atomic mass is 79.9. The molecule has 2 heteroatoms. The SMILES string of the molecule is N[C@@H]1CCCC[C@H]1CBr. The van der Waals surface area contributed by atoms with Gasteiger partial charge in [0.05, 0.1) is 0 Å². The number of hydrogen-bond acceptors (Lipinski definition) is 1. The molecule has 9 heavy (non-hydrogen) atoms. The van der Waals surface area contributed by atoms with Gasteiger partial charge in [-0.2, -0.15) is 0 Å². The summed E-state index contributed by atoms with van der Waals surface area (Å²) in [6.45, 7) is 0. The summed E-state index contributed by atoms with van der Waals surface area (Å²) in [5.41, 5.74) is 5.86. The Morgan fingerprint density at radius 1 is 1.33 bits per heavy atom. The predicted molar refractivity (Wildman–Crippen MR) is 43.7 cm³/mol. The van der Waals surface area contributed by atoms with Crippen LogP contribution in [-0.4, -0.2) is 11.4 Å². The maximum absolute atomic E-state index is 5.86. The van der Waals surface area contributed by atoms with E-state index < -0.39 is 0 Å². The lowest BCUT2D eigenvalue weighted by molar-refractivity contribution is 0.337. The van der Waals surface area contributed by atoms with Crippen molar-refractivity contribution in [2.45, 2.75) is 31.7 Å². The zero-order valence-corrected chi connectivity index (χ0v) is 7.23. The lowest BCUT2D eigenvalue weighted by Crippen LogP contribution is -2.33. The van der Waals surface area contributed by atoms with Gasteiger partial charge in [-0.25, -0.2) is 0 Å². The van der Waals surface area contributed by atoms with Crippen LogP contribution < -0.4 is 5.73 Å². The van der Waals surface area contributed by atoms with E-state index in [9.17, 15) is 0 Å². The van der Waals surface area contributed by atoms with E-state index in [2.05, 4.69) is 15.9 Å². The van der Waals surface area contributed by atoms with Crippen molar-refractivity contribution in [1.82, 2.24) is 0 Å². The fraction of sp³-hybridized carbons (Fsp3) is 1.00. The van der Waals surface area contributed by atoms with Gasteiger partial charge >= 0.3 is 0 Å². The average Bonchev–Trinajstić information content (AvgIpc) is 1.89. The topological polar surface area (TPSA) is 26.0 Å². The Bertz CT molecular complexity index is 85.0. The molecule has 0 unspecified atom stereocenters. The third-order valence-corrected chi connectivity index (χ3v) is 3.00. The number of nitrogens with two attached hydrogens (primary N) is 1. The van der Waals surface area contributed by atoms with E-state index in [4.69, 9.17) is 5.73 Å². The highest BCUT2D eigenvalue weighted by Crippen LogP contribution is 2.23. The maximum atomic E-state index is 5.86. The molecule has 54 valence electrons. The highest BCUT2D eigenvalue weighted by Gasteiger charge is 2.19. The molecule has 1 nitrogen and oxygen atoms in total. The summed E-state index contributed by atoms with van der Waals surface area (Å²) in [6.07, 6.45) is 5.28. The second kappa shape index (κ2) is 3.57. The zero-order chi connectivity index (χ0) is 6.69. The average molecular weight is 192 g/mol. The second-order valence-corrected chi connectivity index (χ2v) is 3.51. The largest absolute Gasteiger partial charge is 0.327 e. The van der Waals surface area contributed by atoms with Crippen LogP contribution in [0.15, 0.2) is 0 Å². The number of alkyl halides is 1. The molecule has 2 N–H and O–H groups in total. The molecule has 1 aliphatic rings. The summed E-state index contributed by atoms with van der Waals surface area (Å²) in [5.74, 6) is 0.749. The molecule has 0 saturated heterocycles. The second-order valence-electron chi connectivity index (χ2n) is 2.86. The Labute approximate surface area is 65.1 Å². The fourth-order valence-electron chi connectivity index (χ4n) is 1.43. The van der Waals surface area contributed by atoms with E-state index in [0.717, 1.165) is 11.2 Å². The highest BCUT2D eigenvalue weighted by molar-refractivity contribution is 9.09. The van der Waals surface area contributed by atoms with Crippen molar-refractivity contribution in [3.8, 4) is 0 Å². The number of halogens is 1. The minimum atomic E-state index is 0.470. The van der Waals surface area contributed by atoms with Crippen molar-refractivity contribution in [3.05, 3.63) is 0 Å². The lowest BCUT2D eigenvalue weighted by Gasteiger charge is -2.26. The molecule has 0 spiro atoms. The van der Waals surface area contributed by atoms with Crippen LogP contribution in [0.25, 0.3) is 0 Å². The Hall–Kier alpha value is 0.440. The van der Waals surface area contributed by atoms with Crippen LogP contribution >= 0.6 is 15.9 Å². The van der Waals surface area contributed by atoms with Gasteiger partial charge in [0.2, 0.25) is 0 Å². The van der Waals surface area contributed by atoms with Crippen LogP contribution in [0.4, 0.5) is 0 Å². The predicted octanol–water partition coefficient (Wildman–Crippen LogP) is 1.90. The molecule has 0 aliphatic heterocycles. The normalized spacial score (nSPS) is 36.7. The number of rotatable bonds is 1. The summed E-state index contributed by atoms with van der Waals surface area (Å²) >= 11 is 3.47. The standard InChI is InChI=1S/C7H14BrN/c8-5-6-3-1-2-4-7(6)9/h6-7H,1-5,9H2/t6-,7+/m0/s1. The van der Waals surface area contributed by atoms with E-state index in [1.807, 2.05) is 0 Å². The first-order valence-electron chi connectivity index (χ1n) is 3.66. The van der Waals surface area contributed by atoms with Crippen LogP contribution in [0.1, 0.15) is 25.7 Å². The van der Waals surface area contributed by atoms with Gasteiger partial charge in [0.1, 0.15) is 0 Å². The Kier molecular flexibility index (Phi) is 2.99. The third kappa shape index (κ3) is 1.94. The van der Waals surface area contributed by atoms with Gasteiger partial charge in [0.25, 0.3) is 0 Å². The quantitative estimate of drug-likeness (QED) is 0.631. The summed E-state index contributed by atoms with van der Waals surface area (Å²) in [5, 5.41) is 1.09. The molecule has 1 aliphatic carbocycles. The summed E-state index contributed by atoms with van der Waals surface area (Å²) in [6, 6.07) is 0.470. The van der Waals surface area contributed by atoms with Crippen LogP contribution in [0, 0.1) is 5.92 Å². The first kappa shape index (κ1) is 7.55. The minimum Gasteiger partial charge on any atom is -0.327 e. The van der Waals surface area contributed by atoms with Gasteiger partial charge in [-0.3, -0.25) is 0 Å². The van der Waals surface area contributed by atoms with Gasteiger partial charge in [0, 0.05) is 11.4 Å². The van der Waals surface area contributed by atoms with Crippen molar-refractivity contribution in [2.24, 2.45) is 11.7 Å². The van der Waals surface area contributed by atoms with Gasteiger partial charge in [0.15, 0.2) is 0 Å². The molecule has 0 bridgehead atoms. The number of hydrogen-bond donors (Lipinski definition) is 1. The van der Waals surface area contributed by atoms with Crippen LogP contribution in [0.3, 0.4) is 0 Å². The molecule has 1 rings (SSSR count). The molecular formula is C7H14BrN. The molecule has 0 amide bonds. The Morgan fingerprint density at radius 3 is 2.44 bits per heavy atom. The van der Waals surface area contributed by atoms with Gasteiger partial charge < -0.3 is 5.73 Å². The van der Waals surface area contributed by atoms with Gasteiger partial charge in [-0.05, 0) is 18.8 Å². The van der Waals surface area contributed by atoms with Crippen LogP contribution in [-0.2, 0) is 0 Å².